The molecule has 0 saturated heterocycles. The van der Waals surface area contributed by atoms with Gasteiger partial charge in [0, 0.05) is 43.7 Å². The number of benzene rings is 8. The highest BCUT2D eigenvalue weighted by atomic mass is 16.3. The van der Waals surface area contributed by atoms with E-state index in [9.17, 15) is 0 Å². The van der Waals surface area contributed by atoms with Gasteiger partial charge < -0.3 is 8.98 Å². The Kier molecular flexibility index (Phi) is 6.82. The summed E-state index contributed by atoms with van der Waals surface area (Å²) in [5.41, 5.74) is 13.4. The molecule has 0 fully saturated rings. The monoisotopic (exact) mass is 689 g/mol. The Labute approximate surface area is 311 Å². The van der Waals surface area contributed by atoms with Crippen LogP contribution in [0.5, 0.6) is 0 Å². The van der Waals surface area contributed by atoms with E-state index < -0.39 is 0 Å². The molecular formula is C50H31N3O. The van der Waals surface area contributed by atoms with Gasteiger partial charge in [0.15, 0.2) is 11.4 Å². The van der Waals surface area contributed by atoms with Gasteiger partial charge in [-0.25, -0.2) is 9.97 Å². The van der Waals surface area contributed by atoms with Crippen molar-refractivity contribution in [3.63, 3.8) is 0 Å². The van der Waals surface area contributed by atoms with Crippen LogP contribution in [0.4, 0.5) is 0 Å². The summed E-state index contributed by atoms with van der Waals surface area (Å²) in [4.78, 5) is 10.5. The van der Waals surface area contributed by atoms with Gasteiger partial charge >= 0.3 is 0 Å². The van der Waals surface area contributed by atoms with Crippen molar-refractivity contribution >= 4 is 54.6 Å². The lowest BCUT2D eigenvalue weighted by Crippen LogP contribution is -1.96. The average Bonchev–Trinajstić information content (AvgIpc) is 3.80. The molecule has 0 aliphatic heterocycles. The Morgan fingerprint density at radius 3 is 1.69 bits per heavy atom. The average molecular weight is 690 g/mol. The summed E-state index contributed by atoms with van der Waals surface area (Å²) in [5.74, 6) is 0.658. The molecule has 0 bridgehead atoms. The van der Waals surface area contributed by atoms with Crippen LogP contribution in [-0.2, 0) is 0 Å². The van der Waals surface area contributed by atoms with Crippen LogP contribution < -0.4 is 0 Å². The van der Waals surface area contributed by atoms with Crippen LogP contribution >= 0.6 is 0 Å². The lowest BCUT2D eigenvalue weighted by atomic mass is 9.99. The molecule has 54 heavy (non-hydrogen) atoms. The van der Waals surface area contributed by atoms with Crippen molar-refractivity contribution in [2.45, 2.75) is 0 Å². The molecule has 0 unspecified atom stereocenters. The molecule has 4 heteroatoms. The molecule has 4 nitrogen and oxygen atoms in total. The van der Waals surface area contributed by atoms with E-state index in [1.807, 2.05) is 24.3 Å². The zero-order valence-corrected chi connectivity index (χ0v) is 29.1. The minimum atomic E-state index is 0.658. The van der Waals surface area contributed by atoms with E-state index >= 15 is 0 Å². The summed E-state index contributed by atoms with van der Waals surface area (Å²) < 4.78 is 8.86. The second-order valence-corrected chi connectivity index (χ2v) is 13.8. The Bertz CT molecular complexity index is 3200. The molecule has 0 amide bonds. The standard InChI is InChI=1S/C50H31N3O/c1-4-13-32(14-5-1)35-23-27-44-42(30-35)43-31-36(24-28-45(43)53(44)38-19-8-3-9-20-38)34-17-12-18-37(29-34)50-51-47(33-15-6-2-7-16-33)41-26-25-40-39-21-10-11-22-46(39)54-49(40)48(41)52-50/h1-31H. The van der Waals surface area contributed by atoms with Crippen LogP contribution in [0.1, 0.15) is 0 Å². The quantitative estimate of drug-likeness (QED) is 0.181. The van der Waals surface area contributed by atoms with Gasteiger partial charge in [-0.1, -0.05) is 127 Å². The minimum absolute atomic E-state index is 0.658. The first-order chi connectivity index (χ1) is 26.8. The minimum Gasteiger partial charge on any atom is -0.454 e. The van der Waals surface area contributed by atoms with Gasteiger partial charge in [0.1, 0.15) is 11.1 Å². The second kappa shape index (κ2) is 12.1. The largest absolute Gasteiger partial charge is 0.454 e. The predicted molar refractivity (Wildman–Crippen MR) is 223 cm³/mol. The molecule has 0 aliphatic carbocycles. The molecule has 0 aliphatic rings. The summed E-state index contributed by atoms with van der Waals surface area (Å²) >= 11 is 0. The SMILES string of the molecule is c1ccc(-c2ccc3c(c2)c2cc(-c4cccc(-c5nc(-c6ccccc6)c6ccc7c8ccccc8oc7c6n5)c4)ccc2n3-c2ccccc2)cc1. The van der Waals surface area contributed by atoms with Gasteiger partial charge in [0.05, 0.1) is 16.7 Å². The van der Waals surface area contributed by atoms with Crippen LogP contribution in [0.2, 0.25) is 0 Å². The van der Waals surface area contributed by atoms with Crippen molar-refractivity contribution < 1.29 is 4.42 Å². The lowest BCUT2D eigenvalue weighted by molar-refractivity contribution is 0.671. The van der Waals surface area contributed by atoms with Crippen molar-refractivity contribution in [1.29, 1.82) is 0 Å². The van der Waals surface area contributed by atoms with Crippen molar-refractivity contribution in [2.24, 2.45) is 0 Å². The third-order valence-electron chi connectivity index (χ3n) is 10.6. The lowest BCUT2D eigenvalue weighted by Gasteiger charge is -2.11. The Balaban J connectivity index is 1.10. The van der Waals surface area contributed by atoms with Crippen molar-refractivity contribution in [1.82, 2.24) is 14.5 Å². The number of nitrogens with zero attached hydrogens (tertiary/aromatic N) is 3. The molecule has 3 heterocycles. The molecule has 0 saturated carbocycles. The second-order valence-electron chi connectivity index (χ2n) is 13.8. The first kappa shape index (κ1) is 30.3. The first-order valence-electron chi connectivity index (χ1n) is 18.2. The van der Waals surface area contributed by atoms with Gasteiger partial charge in [0.25, 0.3) is 0 Å². The molecular weight excluding hydrogens is 659 g/mol. The van der Waals surface area contributed by atoms with E-state index in [4.69, 9.17) is 14.4 Å². The van der Waals surface area contributed by atoms with E-state index in [1.165, 1.54) is 32.9 Å². The van der Waals surface area contributed by atoms with Crippen molar-refractivity contribution in [2.75, 3.05) is 0 Å². The Morgan fingerprint density at radius 2 is 0.944 bits per heavy atom. The number of hydrogen-bond acceptors (Lipinski definition) is 3. The molecule has 0 N–H and O–H groups in total. The predicted octanol–water partition coefficient (Wildman–Crippen LogP) is 13.3. The third-order valence-corrected chi connectivity index (χ3v) is 10.6. The summed E-state index contributed by atoms with van der Waals surface area (Å²) in [6, 6.07) is 66.2. The van der Waals surface area contributed by atoms with Crippen molar-refractivity contribution in [3.05, 3.63) is 188 Å². The highest BCUT2D eigenvalue weighted by Gasteiger charge is 2.19. The molecule has 3 aromatic heterocycles. The highest BCUT2D eigenvalue weighted by Crippen LogP contribution is 2.40. The number of aromatic nitrogens is 3. The normalized spacial score (nSPS) is 11.7. The maximum Gasteiger partial charge on any atom is 0.161 e. The van der Waals surface area contributed by atoms with E-state index in [1.54, 1.807) is 0 Å². The van der Waals surface area contributed by atoms with E-state index in [0.29, 0.717) is 5.82 Å². The van der Waals surface area contributed by atoms with Gasteiger partial charge in [0.2, 0.25) is 0 Å². The number of hydrogen-bond donors (Lipinski definition) is 0. The summed E-state index contributed by atoms with van der Waals surface area (Å²) in [5, 5.41) is 5.51. The number of furan rings is 1. The molecule has 0 spiro atoms. The smallest absolute Gasteiger partial charge is 0.161 e. The summed E-state index contributed by atoms with van der Waals surface area (Å²) in [6.07, 6.45) is 0. The molecule has 0 radical (unpaired) electrons. The van der Waals surface area contributed by atoms with Crippen LogP contribution in [0, 0.1) is 0 Å². The van der Waals surface area contributed by atoms with Gasteiger partial charge in [-0.2, -0.15) is 0 Å². The zero-order valence-electron chi connectivity index (χ0n) is 29.1. The summed E-state index contributed by atoms with van der Waals surface area (Å²) in [7, 11) is 0. The Morgan fingerprint density at radius 1 is 0.370 bits per heavy atom. The fourth-order valence-corrected chi connectivity index (χ4v) is 8.03. The van der Waals surface area contributed by atoms with Crippen LogP contribution in [0.25, 0.3) is 105 Å². The highest BCUT2D eigenvalue weighted by molar-refractivity contribution is 6.16. The number of para-hydroxylation sites is 2. The zero-order chi connectivity index (χ0) is 35.6. The van der Waals surface area contributed by atoms with E-state index in [0.717, 1.165) is 66.5 Å². The number of rotatable bonds is 5. The van der Waals surface area contributed by atoms with Gasteiger partial charge in [-0.05, 0) is 82.9 Å². The number of fused-ring (bicyclic) bond motifs is 8. The van der Waals surface area contributed by atoms with Gasteiger partial charge in [-0.15, -0.1) is 0 Å². The van der Waals surface area contributed by atoms with Crippen LogP contribution in [-0.4, -0.2) is 14.5 Å². The fourth-order valence-electron chi connectivity index (χ4n) is 8.03. The van der Waals surface area contributed by atoms with Crippen LogP contribution in [0.3, 0.4) is 0 Å². The van der Waals surface area contributed by atoms with Crippen molar-refractivity contribution in [3.8, 4) is 50.6 Å². The topological polar surface area (TPSA) is 43.9 Å². The summed E-state index contributed by atoms with van der Waals surface area (Å²) in [6.45, 7) is 0. The first-order valence-corrected chi connectivity index (χ1v) is 18.2. The molecule has 252 valence electrons. The Hall–Kier alpha value is -7.30. The fraction of sp³-hybridized carbons (Fsp3) is 0. The van der Waals surface area contributed by atoms with Gasteiger partial charge in [-0.3, -0.25) is 0 Å². The molecule has 11 aromatic rings. The van der Waals surface area contributed by atoms with Crippen LogP contribution in [0.15, 0.2) is 192 Å². The third kappa shape index (κ3) is 4.85. The maximum absolute atomic E-state index is 6.49. The molecule has 0 atom stereocenters. The van der Waals surface area contributed by atoms with E-state index in [2.05, 4.69) is 168 Å². The van der Waals surface area contributed by atoms with E-state index in [-0.39, 0.29) is 0 Å². The maximum atomic E-state index is 6.49. The molecule has 8 aromatic carbocycles. The molecule has 11 rings (SSSR count).